The third-order valence-electron chi connectivity index (χ3n) is 8.93. The third-order valence-corrected chi connectivity index (χ3v) is 8.93. The minimum atomic E-state index is -0.464. The molecule has 194 valence electrons. The van der Waals surface area contributed by atoms with E-state index in [-0.39, 0.29) is 22.8 Å². The molecule has 0 unspecified atom stereocenters. The standard InChI is InChI=1S/C32H42O4/c1-6-8-23-10-14-25(15-11-23)29(33)35-27-28(32(22(3)4)20-18-31(27,5)19-21-32)36-30(34)26-16-12-24(9-7-2)13-17-26/h10-17,22,27-28H,6-9,18-21H2,1-5H3/t27-,28+,31?,32?/m1/s1. The van der Waals surface area contributed by atoms with E-state index in [0.29, 0.717) is 17.0 Å². The lowest BCUT2D eigenvalue weighted by Gasteiger charge is -2.61. The summed E-state index contributed by atoms with van der Waals surface area (Å²) in [6, 6.07) is 15.4. The summed E-state index contributed by atoms with van der Waals surface area (Å²) in [5.74, 6) is -0.355. The van der Waals surface area contributed by atoms with Crippen LogP contribution in [0.1, 0.15) is 105 Å². The number of aryl methyl sites for hydroxylation is 2. The lowest BCUT2D eigenvalue weighted by molar-refractivity contribution is -0.210. The van der Waals surface area contributed by atoms with Crippen molar-refractivity contribution in [3.05, 3.63) is 70.8 Å². The molecule has 3 fully saturated rings. The van der Waals surface area contributed by atoms with E-state index in [1.807, 2.05) is 48.5 Å². The molecule has 0 heterocycles. The van der Waals surface area contributed by atoms with Crippen molar-refractivity contribution in [2.75, 3.05) is 0 Å². The van der Waals surface area contributed by atoms with E-state index in [0.717, 1.165) is 51.4 Å². The van der Waals surface area contributed by atoms with E-state index >= 15 is 0 Å². The van der Waals surface area contributed by atoms with E-state index in [1.54, 1.807) is 0 Å². The van der Waals surface area contributed by atoms with Crippen molar-refractivity contribution in [2.45, 2.75) is 98.2 Å². The van der Waals surface area contributed by atoms with Gasteiger partial charge in [-0.1, -0.05) is 71.7 Å². The second-order valence-electron chi connectivity index (χ2n) is 11.6. The van der Waals surface area contributed by atoms with E-state index in [2.05, 4.69) is 34.6 Å². The van der Waals surface area contributed by atoms with Crippen molar-refractivity contribution in [2.24, 2.45) is 16.7 Å². The smallest absolute Gasteiger partial charge is 0.338 e. The highest BCUT2D eigenvalue weighted by Crippen LogP contribution is 2.61. The number of carbonyl (C=O) groups excluding carboxylic acids is 2. The summed E-state index contributed by atoms with van der Waals surface area (Å²) >= 11 is 0. The van der Waals surface area contributed by atoms with Crippen LogP contribution >= 0.6 is 0 Å². The number of carbonyl (C=O) groups is 2. The SMILES string of the molecule is CCCc1ccc(C(=O)O[C@@H]2[C@H](OC(=O)c3ccc(CCC)cc3)C3(C(C)C)CCC2(C)CC3)cc1. The van der Waals surface area contributed by atoms with E-state index < -0.39 is 12.2 Å². The van der Waals surface area contributed by atoms with Crippen LogP contribution in [0, 0.1) is 16.7 Å². The summed E-state index contributed by atoms with van der Waals surface area (Å²) in [7, 11) is 0. The monoisotopic (exact) mass is 490 g/mol. The topological polar surface area (TPSA) is 52.6 Å². The highest BCUT2D eigenvalue weighted by molar-refractivity contribution is 5.90. The van der Waals surface area contributed by atoms with Crippen LogP contribution in [0.4, 0.5) is 0 Å². The molecule has 36 heavy (non-hydrogen) atoms. The van der Waals surface area contributed by atoms with E-state index in [4.69, 9.17) is 9.47 Å². The predicted molar refractivity (Wildman–Crippen MR) is 143 cm³/mol. The number of esters is 2. The summed E-state index contributed by atoms with van der Waals surface area (Å²) < 4.78 is 12.6. The van der Waals surface area contributed by atoms with E-state index in [9.17, 15) is 9.59 Å². The summed E-state index contributed by atoms with van der Waals surface area (Å²) in [5, 5.41) is 0. The Morgan fingerprint density at radius 1 is 0.750 bits per heavy atom. The molecular weight excluding hydrogens is 448 g/mol. The van der Waals surface area contributed by atoms with Gasteiger partial charge in [-0.25, -0.2) is 9.59 Å². The molecule has 0 aromatic heterocycles. The fourth-order valence-corrected chi connectivity index (χ4v) is 6.37. The van der Waals surface area contributed by atoms with Crippen molar-refractivity contribution < 1.29 is 19.1 Å². The molecule has 2 aromatic carbocycles. The molecule has 2 bridgehead atoms. The van der Waals surface area contributed by atoms with Gasteiger partial charge in [0.25, 0.3) is 0 Å². The molecule has 3 saturated carbocycles. The second kappa shape index (κ2) is 10.8. The molecule has 0 radical (unpaired) electrons. The van der Waals surface area contributed by atoms with Gasteiger partial charge in [-0.3, -0.25) is 0 Å². The van der Waals surface area contributed by atoms with Gasteiger partial charge >= 0.3 is 11.9 Å². The average molecular weight is 491 g/mol. The first kappa shape index (κ1) is 26.4. The highest BCUT2D eigenvalue weighted by Gasteiger charge is 2.63. The van der Waals surface area contributed by atoms with Gasteiger partial charge in [0.2, 0.25) is 0 Å². The van der Waals surface area contributed by atoms with E-state index in [1.165, 1.54) is 11.1 Å². The molecule has 2 aromatic rings. The van der Waals surface area contributed by atoms with Crippen molar-refractivity contribution in [3.8, 4) is 0 Å². The van der Waals surface area contributed by atoms with Crippen LogP contribution in [-0.2, 0) is 22.3 Å². The maximum absolute atomic E-state index is 13.4. The molecule has 0 spiro atoms. The van der Waals surface area contributed by atoms with Gasteiger partial charge < -0.3 is 9.47 Å². The van der Waals surface area contributed by atoms with Crippen LogP contribution < -0.4 is 0 Å². The fraction of sp³-hybridized carbons (Fsp3) is 0.562. The van der Waals surface area contributed by atoms with Crippen LogP contribution in [-0.4, -0.2) is 24.1 Å². The minimum absolute atomic E-state index is 0.189. The van der Waals surface area contributed by atoms with Gasteiger partial charge in [-0.15, -0.1) is 0 Å². The Bertz CT molecular complexity index is 1040. The van der Waals surface area contributed by atoms with Gasteiger partial charge in [0.1, 0.15) is 12.2 Å². The van der Waals surface area contributed by atoms with Crippen LogP contribution in [0.5, 0.6) is 0 Å². The number of rotatable bonds is 9. The van der Waals surface area contributed by atoms with Crippen LogP contribution in [0.15, 0.2) is 48.5 Å². The summed E-state index contributed by atoms with van der Waals surface area (Å²) in [4.78, 5) is 26.7. The zero-order chi connectivity index (χ0) is 25.9. The zero-order valence-electron chi connectivity index (χ0n) is 22.6. The second-order valence-corrected chi connectivity index (χ2v) is 11.6. The Balaban J connectivity index is 1.60. The maximum atomic E-state index is 13.4. The quantitative estimate of drug-likeness (QED) is 0.340. The number of benzene rings is 2. The molecule has 3 aliphatic carbocycles. The largest absolute Gasteiger partial charge is 0.454 e. The van der Waals surface area contributed by atoms with Crippen molar-refractivity contribution in [1.82, 2.24) is 0 Å². The Hall–Kier alpha value is -2.62. The lowest BCUT2D eigenvalue weighted by atomic mass is 9.48. The summed E-state index contributed by atoms with van der Waals surface area (Å²) in [5.41, 5.74) is 3.14. The van der Waals surface area contributed by atoms with Crippen molar-refractivity contribution >= 4 is 11.9 Å². The molecule has 0 amide bonds. The molecule has 0 aliphatic heterocycles. The van der Waals surface area contributed by atoms with Gasteiger partial charge in [0, 0.05) is 10.8 Å². The van der Waals surface area contributed by atoms with Gasteiger partial charge in [-0.05, 0) is 79.8 Å². The molecule has 4 nitrogen and oxygen atoms in total. The number of hydrogen-bond acceptors (Lipinski definition) is 4. The molecule has 5 rings (SSSR count). The molecular formula is C32H42O4. The minimum Gasteiger partial charge on any atom is -0.454 e. The lowest BCUT2D eigenvalue weighted by Crippen LogP contribution is -2.64. The maximum Gasteiger partial charge on any atom is 0.338 e. The molecule has 2 atom stereocenters. The predicted octanol–water partition coefficient (Wildman–Crippen LogP) is 7.58. The van der Waals surface area contributed by atoms with Crippen molar-refractivity contribution in [3.63, 3.8) is 0 Å². The summed E-state index contributed by atoms with van der Waals surface area (Å²) in [6.07, 6.45) is 7.09. The van der Waals surface area contributed by atoms with Crippen molar-refractivity contribution in [1.29, 1.82) is 0 Å². The number of fused-ring (bicyclic) bond motifs is 3. The Morgan fingerprint density at radius 3 is 1.56 bits per heavy atom. The van der Waals surface area contributed by atoms with Gasteiger partial charge in [0.05, 0.1) is 11.1 Å². The first-order valence-corrected chi connectivity index (χ1v) is 13.8. The molecule has 3 aliphatic rings. The van der Waals surface area contributed by atoms with Crippen LogP contribution in [0.25, 0.3) is 0 Å². The first-order valence-electron chi connectivity index (χ1n) is 13.8. The zero-order valence-corrected chi connectivity index (χ0v) is 22.6. The third kappa shape index (κ3) is 5.10. The average Bonchev–Trinajstić information content (AvgIpc) is 2.87. The Kier molecular flexibility index (Phi) is 7.92. The normalized spacial score (nSPS) is 27.2. The van der Waals surface area contributed by atoms with Crippen LogP contribution in [0.3, 0.4) is 0 Å². The molecule has 4 heteroatoms. The Morgan fingerprint density at radius 2 is 1.17 bits per heavy atom. The fourth-order valence-electron chi connectivity index (χ4n) is 6.37. The Labute approximate surface area is 216 Å². The summed E-state index contributed by atoms with van der Waals surface area (Å²) in [6.45, 7) is 10.9. The highest BCUT2D eigenvalue weighted by atomic mass is 16.6. The van der Waals surface area contributed by atoms with Crippen LogP contribution in [0.2, 0.25) is 0 Å². The first-order chi connectivity index (χ1) is 17.2. The van der Waals surface area contributed by atoms with Gasteiger partial charge in [-0.2, -0.15) is 0 Å². The molecule has 0 N–H and O–H groups in total. The number of hydrogen-bond donors (Lipinski definition) is 0. The molecule has 0 saturated heterocycles. The van der Waals surface area contributed by atoms with Gasteiger partial charge in [0.15, 0.2) is 0 Å². The number of ether oxygens (including phenoxy) is 2.